The average Bonchev–Trinajstić information content (AvgIpc) is 2.65. The number of carbonyl (C=O) groups is 1. The Hall–Kier alpha value is -1.93. The van der Waals surface area contributed by atoms with E-state index in [1.165, 1.54) is 28.6 Å². The van der Waals surface area contributed by atoms with Crippen molar-refractivity contribution < 1.29 is 17.9 Å². The maximum Gasteiger partial charge on any atom is 0.251 e. The topological polar surface area (TPSA) is 75.7 Å². The van der Waals surface area contributed by atoms with Crippen molar-refractivity contribution in [1.29, 1.82) is 0 Å². The van der Waals surface area contributed by atoms with Crippen LogP contribution in [0.5, 0.6) is 0 Å². The van der Waals surface area contributed by atoms with E-state index in [9.17, 15) is 13.2 Å². The molecule has 0 saturated carbocycles. The Morgan fingerprint density at radius 2 is 1.79 bits per heavy atom. The van der Waals surface area contributed by atoms with E-state index in [2.05, 4.69) is 5.32 Å². The number of ether oxygens (including phenoxy) is 1. The van der Waals surface area contributed by atoms with Gasteiger partial charge in [-0.05, 0) is 55.8 Å². The fraction of sp³-hybridized carbons (Fsp3) is 0.350. The number of morpholine rings is 1. The number of amides is 1. The van der Waals surface area contributed by atoms with Crippen LogP contribution in [-0.2, 0) is 21.3 Å². The van der Waals surface area contributed by atoms with Crippen molar-refractivity contribution in [2.75, 3.05) is 13.1 Å². The van der Waals surface area contributed by atoms with Gasteiger partial charge in [0, 0.05) is 30.2 Å². The first-order chi connectivity index (χ1) is 13.3. The van der Waals surface area contributed by atoms with Crippen LogP contribution < -0.4 is 5.32 Å². The third-order valence-corrected chi connectivity index (χ3v) is 6.56. The molecule has 1 amide bonds. The monoisotopic (exact) mass is 422 g/mol. The summed E-state index contributed by atoms with van der Waals surface area (Å²) in [5.41, 5.74) is 1.28. The number of carbonyl (C=O) groups excluding carboxylic acids is 1. The van der Waals surface area contributed by atoms with Gasteiger partial charge in [0.1, 0.15) is 0 Å². The van der Waals surface area contributed by atoms with Gasteiger partial charge < -0.3 is 10.1 Å². The first-order valence-electron chi connectivity index (χ1n) is 9.04. The van der Waals surface area contributed by atoms with Crippen molar-refractivity contribution in [3.8, 4) is 0 Å². The number of nitrogens with zero attached hydrogens (tertiary/aromatic N) is 1. The highest BCUT2D eigenvalue weighted by molar-refractivity contribution is 7.89. The van der Waals surface area contributed by atoms with Gasteiger partial charge in [-0.1, -0.05) is 23.7 Å². The Morgan fingerprint density at radius 3 is 2.39 bits per heavy atom. The lowest BCUT2D eigenvalue weighted by Crippen LogP contribution is -2.48. The third-order valence-electron chi connectivity index (χ3n) is 4.48. The highest BCUT2D eigenvalue weighted by Gasteiger charge is 2.32. The highest BCUT2D eigenvalue weighted by Crippen LogP contribution is 2.21. The summed E-state index contributed by atoms with van der Waals surface area (Å²) in [5, 5.41) is 3.41. The molecule has 28 heavy (non-hydrogen) atoms. The number of sulfonamides is 1. The minimum Gasteiger partial charge on any atom is -0.373 e. The second-order valence-electron chi connectivity index (χ2n) is 6.92. The molecule has 3 rings (SSSR count). The molecule has 150 valence electrons. The Balaban J connectivity index is 1.67. The van der Waals surface area contributed by atoms with E-state index in [1.54, 1.807) is 12.1 Å². The molecule has 2 atom stereocenters. The van der Waals surface area contributed by atoms with Crippen LogP contribution in [0.15, 0.2) is 53.4 Å². The average molecular weight is 423 g/mol. The smallest absolute Gasteiger partial charge is 0.251 e. The van der Waals surface area contributed by atoms with Crippen LogP contribution in [0.3, 0.4) is 0 Å². The lowest BCUT2D eigenvalue weighted by Gasteiger charge is -2.34. The summed E-state index contributed by atoms with van der Waals surface area (Å²) in [6.45, 7) is 4.67. The molecule has 1 aliphatic heterocycles. The molecule has 0 spiro atoms. The Bertz CT molecular complexity index is 937. The SMILES string of the molecule is C[C@H]1CN(S(=O)(=O)c2ccc(C(=O)NCc3cccc(Cl)c3)cc2)C[C@H](C)O1. The number of benzene rings is 2. The molecular formula is C20H23ClN2O4S. The molecule has 1 fully saturated rings. The summed E-state index contributed by atoms with van der Waals surface area (Å²) in [6.07, 6.45) is -0.315. The summed E-state index contributed by atoms with van der Waals surface area (Å²) < 4.78 is 32.8. The van der Waals surface area contributed by atoms with E-state index in [4.69, 9.17) is 16.3 Å². The summed E-state index contributed by atoms with van der Waals surface area (Å²) >= 11 is 5.94. The van der Waals surface area contributed by atoms with Crippen LogP contribution in [0.4, 0.5) is 0 Å². The van der Waals surface area contributed by atoms with Gasteiger partial charge in [0.25, 0.3) is 5.91 Å². The van der Waals surface area contributed by atoms with Crippen molar-refractivity contribution in [1.82, 2.24) is 9.62 Å². The fourth-order valence-electron chi connectivity index (χ4n) is 3.19. The summed E-state index contributed by atoms with van der Waals surface area (Å²) in [5.74, 6) is -0.280. The van der Waals surface area contributed by atoms with Crippen molar-refractivity contribution in [3.05, 3.63) is 64.7 Å². The van der Waals surface area contributed by atoms with Gasteiger partial charge in [-0.15, -0.1) is 0 Å². The first kappa shape index (κ1) is 20.8. The molecule has 2 aromatic rings. The fourth-order valence-corrected chi connectivity index (χ4v) is 4.99. The molecule has 6 nitrogen and oxygen atoms in total. The minimum absolute atomic E-state index is 0.157. The summed E-state index contributed by atoms with van der Waals surface area (Å²) in [7, 11) is -3.62. The number of hydrogen-bond donors (Lipinski definition) is 1. The van der Waals surface area contributed by atoms with E-state index < -0.39 is 10.0 Å². The zero-order valence-electron chi connectivity index (χ0n) is 15.8. The molecule has 1 N–H and O–H groups in total. The van der Waals surface area contributed by atoms with Crippen molar-refractivity contribution in [2.24, 2.45) is 0 Å². The highest BCUT2D eigenvalue weighted by atomic mass is 35.5. The van der Waals surface area contributed by atoms with Crippen molar-refractivity contribution in [3.63, 3.8) is 0 Å². The summed E-state index contributed by atoms with van der Waals surface area (Å²) in [6, 6.07) is 13.2. The third kappa shape index (κ3) is 4.91. The standard InChI is InChI=1S/C20H23ClN2O4S/c1-14-12-23(13-15(2)27-14)28(25,26)19-8-6-17(7-9-19)20(24)22-11-16-4-3-5-18(21)10-16/h3-10,14-15H,11-13H2,1-2H3,(H,22,24)/t14-,15-/m0/s1. The van der Waals surface area contributed by atoms with E-state index in [1.807, 2.05) is 26.0 Å². The Morgan fingerprint density at radius 1 is 1.14 bits per heavy atom. The van der Waals surface area contributed by atoms with E-state index >= 15 is 0 Å². The predicted octanol–water partition coefficient (Wildman–Crippen LogP) is 3.07. The van der Waals surface area contributed by atoms with Gasteiger partial charge in [-0.3, -0.25) is 4.79 Å². The van der Waals surface area contributed by atoms with Crippen LogP contribution in [0.25, 0.3) is 0 Å². The van der Waals surface area contributed by atoms with Crippen molar-refractivity contribution in [2.45, 2.75) is 37.5 Å². The number of halogens is 1. The van der Waals surface area contributed by atoms with E-state index in [0.717, 1.165) is 5.56 Å². The minimum atomic E-state index is -3.62. The van der Waals surface area contributed by atoms with Gasteiger partial charge in [0.15, 0.2) is 0 Å². The van der Waals surface area contributed by atoms with E-state index in [0.29, 0.717) is 30.2 Å². The van der Waals surface area contributed by atoms with Gasteiger partial charge in [0.2, 0.25) is 10.0 Å². The second kappa shape index (κ2) is 8.61. The Labute approximate surface area is 170 Å². The second-order valence-corrected chi connectivity index (χ2v) is 9.29. The summed E-state index contributed by atoms with van der Waals surface area (Å²) in [4.78, 5) is 12.5. The molecule has 0 unspecified atom stereocenters. The van der Waals surface area contributed by atoms with Crippen LogP contribution >= 0.6 is 11.6 Å². The normalized spacial score (nSPS) is 20.7. The maximum atomic E-state index is 12.9. The molecule has 1 saturated heterocycles. The molecule has 0 bridgehead atoms. The molecular weight excluding hydrogens is 400 g/mol. The van der Waals surface area contributed by atoms with Gasteiger partial charge in [-0.2, -0.15) is 4.31 Å². The first-order valence-corrected chi connectivity index (χ1v) is 10.9. The molecule has 1 heterocycles. The molecule has 0 radical (unpaired) electrons. The van der Waals surface area contributed by atoms with Crippen molar-refractivity contribution >= 4 is 27.5 Å². The maximum absolute atomic E-state index is 12.9. The van der Waals surface area contributed by atoms with Gasteiger partial charge in [0.05, 0.1) is 17.1 Å². The lowest BCUT2D eigenvalue weighted by atomic mass is 10.2. The number of rotatable bonds is 5. The number of hydrogen-bond acceptors (Lipinski definition) is 4. The molecule has 0 aliphatic carbocycles. The zero-order chi connectivity index (χ0) is 20.3. The predicted molar refractivity (Wildman–Crippen MR) is 108 cm³/mol. The van der Waals surface area contributed by atoms with Crippen LogP contribution in [0, 0.1) is 0 Å². The molecule has 2 aromatic carbocycles. The lowest BCUT2D eigenvalue weighted by molar-refractivity contribution is -0.0440. The quantitative estimate of drug-likeness (QED) is 0.803. The van der Waals surface area contributed by atoms with Crippen LogP contribution in [0.2, 0.25) is 5.02 Å². The van der Waals surface area contributed by atoms with E-state index in [-0.39, 0.29) is 23.0 Å². The largest absolute Gasteiger partial charge is 0.373 e. The van der Waals surface area contributed by atoms with Crippen LogP contribution in [0.1, 0.15) is 29.8 Å². The van der Waals surface area contributed by atoms with Gasteiger partial charge >= 0.3 is 0 Å². The zero-order valence-corrected chi connectivity index (χ0v) is 17.3. The van der Waals surface area contributed by atoms with Gasteiger partial charge in [-0.25, -0.2) is 8.42 Å². The Kier molecular flexibility index (Phi) is 6.40. The molecule has 8 heteroatoms. The number of nitrogens with one attached hydrogen (secondary N) is 1. The van der Waals surface area contributed by atoms with Crippen LogP contribution in [-0.4, -0.2) is 43.9 Å². The molecule has 0 aromatic heterocycles. The molecule has 1 aliphatic rings.